The summed E-state index contributed by atoms with van der Waals surface area (Å²) in [7, 11) is 0. The van der Waals surface area contributed by atoms with E-state index in [-0.39, 0.29) is 12.5 Å². The Bertz CT molecular complexity index is 891. The summed E-state index contributed by atoms with van der Waals surface area (Å²) in [5, 5.41) is 16.2. The number of carbonyl (C=O) groups is 1. The number of aliphatic hydroxyl groups is 1. The largest absolute Gasteiger partial charge is 0.390 e. The van der Waals surface area contributed by atoms with Gasteiger partial charge in [0.1, 0.15) is 0 Å². The number of aliphatic hydroxyl groups excluding tert-OH is 1. The van der Waals surface area contributed by atoms with Crippen LogP contribution in [0.1, 0.15) is 22.5 Å². The number of rotatable bonds is 4. The highest BCUT2D eigenvalue weighted by molar-refractivity contribution is 7.13. The highest BCUT2D eigenvalue weighted by atomic mass is 32.1. The first-order valence-electron chi connectivity index (χ1n) is 8.94. The Morgan fingerprint density at radius 2 is 2.00 bits per heavy atom. The lowest BCUT2D eigenvalue weighted by molar-refractivity contribution is 0.0767. The van der Waals surface area contributed by atoms with Gasteiger partial charge in [-0.3, -0.25) is 4.79 Å². The van der Waals surface area contributed by atoms with Crippen LogP contribution in [0.25, 0.3) is 5.69 Å². The molecule has 3 aromatic rings. The second-order valence-corrected chi connectivity index (χ2v) is 7.25. The molecular weight excluding hydrogens is 362 g/mol. The second-order valence-electron chi connectivity index (χ2n) is 6.41. The van der Waals surface area contributed by atoms with Gasteiger partial charge in [-0.05, 0) is 36.8 Å². The van der Waals surface area contributed by atoms with Crippen molar-refractivity contribution in [3.63, 3.8) is 0 Å². The molecule has 1 aliphatic rings. The molecule has 0 spiro atoms. The van der Waals surface area contributed by atoms with Crippen LogP contribution in [0.4, 0.5) is 5.13 Å². The van der Waals surface area contributed by atoms with Gasteiger partial charge in [0.25, 0.3) is 5.91 Å². The van der Waals surface area contributed by atoms with E-state index in [2.05, 4.69) is 15.0 Å². The van der Waals surface area contributed by atoms with Crippen molar-refractivity contribution in [2.24, 2.45) is 0 Å². The van der Waals surface area contributed by atoms with E-state index in [0.29, 0.717) is 17.8 Å². The van der Waals surface area contributed by atoms with Crippen molar-refractivity contribution in [3.8, 4) is 5.69 Å². The lowest BCUT2D eigenvalue weighted by atomic mass is 10.1. The first-order valence-corrected chi connectivity index (χ1v) is 9.82. The summed E-state index contributed by atoms with van der Waals surface area (Å²) in [6.45, 7) is 2.96. The summed E-state index contributed by atoms with van der Waals surface area (Å²) in [4.78, 5) is 21.4. The number of benzene rings is 1. The zero-order valence-corrected chi connectivity index (χ0v) is 15.7. The van der Waals surface area contributed by atoms with Crippen molar-refractivity contribution < 1.29 is 9.90 Å². The van der Waals surface area contributed by atoms with Crippen LogP contribution in [-0.2, 0) is 6.61 Å². The van der Waals surface area contributed by atoms with Crippen molar-refractivity contribution in [2.45, 2.75) is 13.0 Å². The molecule has 140 valence electrons. The molecule has 1 N–H and O–H groups in total. The molecule has 0 unspecified atom stereocenters. The number of anilines is 1. The van der Waals surface area contributed by atoms with Gasteiger partial charge in [0.2, 0.25) is 0 Å². The molecule has 1 aromatic carbocycles. The second kappa shape index (κ2) is 7.89. The highest BCUT2D eigenvalue weighted by Crippen LogP contribution is 2.22. The van der Waals surface area contributed by atoms with Gasteiger partial charge < -0.3 is 14.9 Å². The molecule has 1 fully saturated rings. The summed E-state index contributed by atoms with van der Waals surface area (Å²) < 4.78 is 1.77. The van der Waals surface area contributed by atoms with E-state index in [1.807, 2.05) is 46.8 Å². The third-order valence-electron chi connectivity index (χ3n) is 4.64. The van der Waals surface area contributed by atoms with E-state index >= 15 is 0 Å². The molecule has 0 saturated carbocycles. The van der Waals surface area contributed by atoms with E-state index in [0.717, 1.165) is 36.9 Å². The van der Waals surface area contributed by atoms with Crippen LogP contribution >= 0.6 is 11.3 Å². The fraction of sp³-hybridized carbons (Fsp3) is 0.316. The van der Waals surface area contributed by atoms with Crippen LogP contribution in [0.3, 0.4) is 0 Å². The predicted molar refractivity (Wildman–Crippen MR) is 104 cm³/mol. The molecule has 1 amide bonds. The lowest BCUT2D eigenvalue weighted by Gasteiger charge is -2.22. The molecule has 0 bridgehead atoms. The van der Waals surface area contributed by atoms with Crippen molar-refractivity contribution in [1.82, 2.24) is 19.7 Å². The third-order valence-corrected chi connectivity index (χ3v) is 5.59. The monoisotopic (exact) mass is 383 g/mol. The zero-order chi connectivity index (χ0) is 18.6. The van der Waals surface area contributed by atoms with Crippen LogP contribution in [0.5, 0.6) is 0 Å². The summed E-state index contributed by atoms with van der Waals surface area (Å²) in [6.07, 6.45) is 4.50. The average molecular weight is 383 g/mol. The fourth-order valence-electron chi connectivity index (χ4n) is 3.19. The Kier molecular flexibility index (Phi) is 5.17. The summed E-state index contributed by atoms with van der Waals surface area (Å²) in [5.74, 6) is 0.0547. The van der Waals surface area contributed by atoms with Gasteiger partial charge >= 0.3 is 0 Å². The Morgan fingerprint density at radius 3 is 2.70 bits per heavy atom. The molecule has 1 aliphatic heterocycles. The van der Waals surface area contributed by atoms with Crippen molar-refractivity contribution in [1.29, 1.82) is 0 Å². The minimum Gasteiger partial charge on any atom is -0.390 e. The van der Waals surface area contributed by atoms with Crippen LogP contribution in [0.15, 0.2) is 48.1 Å². The van der Waals surface area contributed by atoms with E-state index in [4.69, 9.17) is 0 Å². The van der Waals surface area contributed by atoms with Gasteiger partial charge in [-0.2, -0.15) is 5.10 Å². The molecule has 3 heterocycles. The van der Waals surface area contributed by atoms with E-state index in [1.165, 1.54) is 11.3 Å². The number of nitrogens with zero attached hydrogens (tertiary/aromatic N) is 5. The maximum Gasteiger partial charge on any atom is 0.253 e. The zero-order valence-electron chi connectivity index (χ0n) is 14.9. The molecule has 27 heavy (non-hydrogen) atoms. The van der Waals surface area contributed by atoms with E-state index < -0.39 is 0 Å². The van der Waals surface area contributed by atoms with Crippen molar-refractivity contribution in [3.05, 3.63) is 59.4 Å². The Balaban J connectivity index is 1.42. The number of aromatic nitrogens is 3. The Labute approximate surface area is 161 Å². The molecule has 1 saturated heterocycles. The minimum absolute atomic E-state index is 0.0382. The maximum absolute atomic E-state index is 12.9. The lowest BCUT2D eigenvalue weighted by Crippen LogP contribution is -2.35. The fourth-order valence-corrected chi connectivity index (χ4v) is 4.06. The predicted octanol–water partition coefficient (Wildman–Crippen LogP) is 2.17. The number of carbonyl (C=O) groups excluding carboxylic acids is 1. The van der Waals surface area contributed by atoms with Gasteiger partial charge in [-0.1, -0.05) is 0 Å². The van der Waals surface area contributed by atoms with Crippen LogP contribution in [0.2, 0.25) is 0 Å². The number of hydrogen-bond acceptors (Lipinski definition) is 6. The molecule has 0 aliphatic carbocycles. The first kappa shape index (κ1) is 17.7. The minimum atomic E-state index is -0.0382. The van der Waals surface area contributed by atoms with Crippen molar-refractivity contribution >= 4 is 22.4 Å². The molecule has 2 aromatic heterocycles. The highest BCUT2D eigenvalue weighted by Gasteiger charge is 2.21. The topological polar surface area (TPSA) is 74.5 Å². The quantitative estimate of drug-likeness (QED) is 0.747. The van der Waals surface area contributed by atoms with Crippen LogP contribution in [0, 0.1) is 0 Å². The standard InChI is InChI=1S/C19H21N5O2S/c25-13-16-14-27-19(21-16)23-9-2-8-22(11-12-23)18(26)15-3-5-17(6-4-15)24-10-1-7-20-24/h1,3-7,10,14,25H,2,8-9,11-13H2. The maximum atomic E-state index is 12.9. The number of amides is 1. The van der Waals surface area contributed by atoms with Crippen molar-refractivity contribution in [2.75, 3.05) is 31.1 Å². The first-order chi connectivity index (χ1) is 13.2. The molecule has 4 rings (SSSR count). The third kappa shape index (κ3) is 3.86. The van der Waals surface area contributed by atoms with Gasteiger partial charge in [-0.25, -0.2) is 9.67 Å². The Morgan fingerprint density at radius 1 is 1.15 bits per heavy atom. The molecule has 8 heteroatoms. The SMILES string of the molecule is O=C(c1ccc(-n2cccn2)cc1)N1CCCN(c2nc(CO)cs2)CC1. The van der Waals surface area contributed by atoms with E-state index in [9.17, 15) is 9.90 Å². The smallest absolute Gasteiger partial charge is 0.253 e. The number of thiazole rings is 1. The average Bonchev–Trinajstić information content (AvgIpc) is 3.36. The van der Waals surface area contributed by atoms with Gasteiger partial charge in [0, 0.05) is 49.5 Å². The summed E-state index contributed by atoms with van der Waals surface area (Å²) in [6, 6.07) is 9.41. The van der Waals surface area contributed by atoms with Crippen LogP contribution < -0.4 is 4.90 Å². The Hall–Kier alpha value is -2.71. The molecule has 7 nitrogen and oxygen atoms in total. The summed E-state index contributed by atoms with van der Waals surface area (Å²) in [5.41, 5.74) is 2.32. The van der Waals surface area contributed by atoms with Gasteiger partial charge in [0.15, 0.2) is 5.13 Å². The summed E-state index contributed by atoms with van der Waals surface area (Å²) >= 11 is 1.54. The van der Waals surface area contributed by atoms with Crippen LogP contribution in [-0.4, -0.2) is 56.9 Å². The molecule has 0 radical (unpaired) electrons. The van der Waals surface area contributed by atoms with E-state index in [1.54, 1.807) is 10.9 Å². The van der Waals surface area contributed by atoms with Gasteiger partial charge in [0.05, 0.1) is 18.0 Å². The number of hydrogen-bond donors (Lipinski definition) is 1. The van der Waals surface area contributed by atoms with Gasteiger partial charge in [-0.15, -0.1) is 11.3 Å². The normalized spacial score (nSPS) is 15.0. The molecular formula is C19H21N5O2S. The molecule has 0 atom stereocenters.